The predicted molar refractivity (Wildman–Crippen MR) is 74.9 cm³/mol. The van der Waals surface area contributed by atoms with Crippen molar-refractivity contribution < 1.29 is 0 Å². The fourth-order valence-corrected chi connectivity index (χ4v) is 1.54. The van der Waals surface area contributed by atoms with Crippen LogP contribution in [0.25, 0.3) is 0 Å². The zero-order valence-electron chi connectivity index (χ0n) is 10.4. The van der Waals surface area contributed by atoms with Gasteiger partial charge in [0.25, 0.3) is 0 Å². The number of nitrogen functional groups attached to an aromatic ring is 1. The van der Waals surface area contributed by atoms with E-state index in [9.17, 15) is 0 Å². The summed E-state index contributed by atoms with van der Waals surface area (Å²) in [6.07, 6.45) is 2.59. The van der Waals surface area contributed by atoms with Gasteiger partial charge in [-0.2, -0.15) is 0 Å². The van der Waals surface area contributed by atoms with E-state index in [1.807, 2.05) is 30.3 Å². The second kappa shape index (κ2) is 5.86. The molecule has 0 saturated heterocycles. The lowest BCUT2D eigenvalue weighted by atomic mass is 10.3. The Morgan fingerprint density at radius 2 is 2.00 bits per heavy atom. The Morgan fingerprint density at radius 1 is 1.17 bits per heavy atom. The van der Waals surface area contributed by atoms with Crippen LogP contribution >= 0.6 is 0 Å². The Kier molecular flexibility index (Phi) is 3.96. The second-order valence-electron chi connectivity index (χ2n) is 3.97. The summed E-state index contributed by atoms with van der Waals surface area (Å²) >= 11 is 0. The van der Waals surface area contributed by atoms with Crippen LogP contribution in [-0.4, -0.2) is 16.5 Å². The molecule has 0 unspecified atom stereocenters. The highest BCUT2D eigenvalue weighted by atomic mass is 15.1. The second-order valence-corrected chi connectivity index (χ2v) is 3.97. The van der Waals surface area contributed by atoms with Crippen LogP contribution in [0.3, 0.4) is 0 Å². The van der Waals surface area contributed by atoms with Crippen molar-refractivity contribution in [3.05, 3.63) is 36.7 Å². The highest BCUT2D eigenvalue weighted by molar-refractivity contribution is 5.62. The smallest absolute Gasteiger partial charge is 0.135 e. The van der Waals surface area contributed by atoms with E-state index in [0.29, 0.717) is 0 Å². The molecule has 4 N–H and O–H groups in total. The minimum absolute atomic E-state index is 0.721. The monoisotopic (exact) mass is 243 g/mol. The van der Waals surface area contributed by atoms with Crippen molar-refractivity contribution in [1.82, 2.24) is 9.97 Å². The molecule has 2 rings (SSSR count). The third kappa shape index (κ3) is 3.35. The molecule has 5 nitrogen and oxygen atoms in total. The van der Waals surface area contributed by atoms with Crippen molar-refractivity contribution >= 4 is 23.0 Å². The molecule has 0 aliphatic rings. The Hall–Kier alpha value is -2.30. The minimum atomic E-state index is 0.721. The van der Waals surface area contributed by atoms with Crippen molar-refractivity contribution in [2.24, 2.45) is 0 Å². The Labute approximate surface area is 106 Å². The molecule has 0 radical (unpaired) electrons. The van der Waals surface area contributed by atoms with E-state index < -0.39 is 0 Å². The van der Waals surface area contributed by atoms with Crippen LogP contribution in [0.15, 0.2) is 36.7 Å². The van der Waals surface area contributed by atoms with E-state index in [1.54, 1.807) is 0 Å². The van der Waals surface area contributed by atoms with Crippen LogP contribution in [0.1, 0.15) is 13.3 Å². The maximum Gasteiger partial charge on any atom is 0.135 e. The third-order valence-corrected chi connectivity index (χ3v) is 2.38. The number of anilines is 4. The van der Waals surface area contributed by atoms with Gasteiger partial charge in [0.1, 0.15) is 18.0 Å². The number of nitrogens with zero attached hydrogens (tertiary/aromatic N) is 2. The fourth-order valence-electron chi connectivity index (χ4n) is 1.54. The first-order valence-corrected chi connectivity index (χ1v) is 5.96. The zero-order chi connectivity index (χ0) is 12.8. The molecule has 0 bridgehead atoms. The van der Waals surface area contributed by atoms with Crippen LogP contribution in [0, 0.1) is 0 Å². The van der Waals surface area contributed by atoms with Crippen LogP contribution < -0.4 is 16.4 Å². The lowest BCUT2D eigenvalue weighted by Gasteiger charge is -2.08. The van der Waals surface area contributed by atoms with Gasteiger partial charge in [0.15, 0.2) is 0 Å². The first-order chi connectivity index (χ1) is 8.78. The maximum absolute atomic E-state index is 5.72. The number of aromatic nitrogens is 2. The quantitative estimate of drug-likeness (QED) is 0.704. The van der Waals surface area contributed by atoms with Crippen LogP contribution in [-0.2, 0) is 0 Å². The van der Waals surface area contributed by atoms with Gasteiger partial charge in [0.2, 0.25) is 0 Å². The average Bonchev–Trinajstić information content (AvgIpc) is 2.37. The van der Waals surface area contributed by atoms with Crippen LogP contribution in [0.2, 0.25) is 0 Å². The Morgan fingerprint density at radius 3 is 2.78 bits per heavy atom. The van der Waals surface area contributed by atoms with Gasteiger partial charge < -0.3 is 16.4 Å². The van der Waals surface area contributed by atoms with E-state index in [1.165, 1.54) is 6.33 Å². The van der Waals surface area contributed by atoms with E-state index in [0.717, 1.165) is 36.0 Å². The molecule has 94 valence electrons. The Balaban J connectivity index is 2.09. The van der Waals surface area contributed by atoms with Gasteiger partial charge in [0, 0.05) is 24.0 Å². The average molecular weight is 243 g/mol. The summed E-state index contributed by atoms with van der Waals surface area (Å²) in [6, 6.07) is 9.42. The summed E-state index contributed by atoms with van der Waals surface area (Å²) in [5.41, 5.74) is 7.36. The van der Waals surface area contributed by atoms with Gasteiger partial charge >= 0.3 is 0 Å². The molecule has 0 amide bonds. The summed E-state index contributed by atoms with van der Waals surface area (Å²) in [7, 11) is 0. The number of hydrogen-bond acceptors (Lipinski definition) is 5. The molecular weight excluding hydrogens is 226 g/mol. The summed E-state index contributed by atoms with van der Waals surface area (Å²) in [5.74, 6) is 1.56. The van der Waals surface area contributed by atoms with Crippen molar-refractivity contribution in [2.75, 3.05) is 22.9 Å². The highest BCUT2D eigenvalue weighted by Gasteiger charge is 1.99. The SMILES string of the molecule is CCCNc1cc(Nc2cccc(N)c2)ncn1. The molecule has 0 fully saturated rings. The predicted octanol–water partition coefficient (Wildman–Crippen LogP) is 2.62. The molecule has 1 heterocycles. The molecule has 18 heavy (non-hydrogen) atoms. The van der Waals surface area contributed by atoms with E-state index >= 15 is 0 Å². The summed E-state index contributed by atoms with van der Waals surface area (Å²) in [4.78, 5) is 8.32. The van der Waals surface area contributed by atoms with Gasteiger partial charge in [0.05, 0.1) is 0 Å². The molecule has 1 aromatic heterocycles. The number of nitrogens with one attached hydrogen (secondary N) is 2. The number of benzene rings is 1. The molecule has 0 aliphatic carbocycles. The van der Waals surface area contributed by atoms with Gasteiger partial charge in [-0.05, 0) is 24.6 Å². The summed E-state index contributed by atoms with van der Waals surface area (Å²) in [5, 5.41) is 6.41. The molecule has 2 aromatic rings. The number of rotatable bonds is 5. The van der Waals surface area contributed by atoms with Gasteiger partial charge in [-0.15, -0.1) is 0 Å². The largest absolute Gasteiger partial charge is 0.399 e. The maximum atomic E-state index is 5.72. The van der Waals surface area contributed by atoms with Gasteiger partial charge in [-0.3, -0.25) is 0 Å². The normalized spacial score (nSPS) is 10.1. The molecule has 0 spiro atoms. The lowest BCUT2D eigenvalue weighted by molar-refractivity contribution is 0.965. The van der Waals surface area contributed by atoms with Crippen LogP contribution in [0.5, 0.6) is 0 Å². The molecule has 0 aliphatic heterocycles. The standard InChI is InChI=1S/C13H17N5/c1-2-6-15-12-8-13(17-9-16-12)18-11-5-3-4-10(14)7-11/h3-5,7-9H,2,6,14H2,1H3,(H2,15,16,17,18). The van der Waals surface area contributed by atoms with Crippen molar-refractivity contribution in [2.45, 2.75) is 13.3 Å². The topological polar surface area (TPSA) is 75.9 Å². The zero-order valence-corrected chi connectivity index (χ0v) is 10.4. The molecular formula is C13H17N5. The molecule has 0 atom stereocenters. The lowest BCUT2D eigenvalue weighted by Crippen LogP contribution is -2.03. The molecule has 5 heteroatoms. The summed E-state index contributed by atoms with van der Waals surface area (Å²) in [6.45, 7) is 3.01. The molecule has 0 saturated carbocycles. The number of hydrogen-bond donors (Lipinski definition) is 3. The first-order valence-electron chi connectivity index (χ1n) is 5.96. The first kappa shape index (κ1) is 12.2. The van der Waals surface area contributed by atoms with Gasteiger partial charge in [-0.25, -0.2) is 9.97 Å². The van der Waals surface area contributed by atoms with Crippen molar-refractivity contribution in [3.63, 3.8) is 0 Å². The summed E-state index contributed by atoms with van der Waals surface area (Å²) < 4.78 is 0. The van der Waals surface area contributed by atoms with E-state index in [-0.39, 0.29) is 0 Å². The van der Waals surface area contributed by atoms with Gasteiger partial charge in [-0.1, -0.05) is 13.0 Å². The minimum Gasteiger partial charge on any atom is -0.399 e. The van der Waals surface area contributed by atoms with Crippen molar-refractivity contribution in [1.29, 1.82) is 0 Å². The highest BCUT2D eigenvalue weighted by Crippen LogP contribution is 2.18. The fraction of sp³-hybridized carbons (Fsp3) is 0.231. The van der Waals surface area contributed by atoms with Crippen LogP contribution in [0.4, 0.5) is 23.0 Å². The van der Waals surface area contributed by atoms with E-state index in [4.69, 9.17) is 5.73 Å². The molecule has 1 aromatic carbocycles. The van der Waals surface area contributed by atoms with E-state index in [2.05, 4.69) is 27.5 Å². The third-order valence-electron chi connectivity index (χ3n) is 2.38. The van der Waals surface area contributed by atoms with Crippen molar-refractivity contribution in [3.8, 4) is 0 Å². The Bertz CT molecular complexity index is 512. The number of nitrogens with two attached hydrogens (primary N) is 1.